The van der Waals surface area contributed by atoms with Crippen molar-refractivity contribution in [3.63, 3.8) is 0 Å². The van der Waals surface area contributed by atoms with Crippen molar-refractivity contribution in [1.29, 1.82) is 0 Å². The molecule has 2 heterocycles. The summed E-state index contributed by atoms with van der Waals surface area (Å²) in [4.78, 5) is 12.3. The van der Waals surface area contributed by atoms with Gasteiger partial charge in [0.05, 0.1) is 24.2 Å². The molecule has 1 aromatic carbocycles. The Morgan fingerprint density at radius 3 is 2.80 bits per heavy atom. The predicted molar refractivity (Wildman–Crippen MR) is 96.2 cm³/mol. The number of nitrogens with zero attached hydrogens (tertiary/aromatic N) is 3. The highest BCUT2D eigenvalue weighted by molar-refractivity contribution is 9.10. The minimum absolute atomic E-state index is 0.121. The van der Waals surface area contributed by atoms with Crippen LogP contribution in [-0.4, -0.2) is 47.9 Å². The number of sulfonamides is 1. The van der Waals surface area contributed by atoms with Gasteiger partial charge in [-0.15, -0.1) is 0 Å². The van der Waals surface area contributed by atoms with E-state index in [-0.39, 0.29) is 18.8 Å². The van der Waals surface area contributed by atoms with Gasteiger partial charge >= 0.3 is 5.97 Å². The van der Waals surface area contributed by atoms with Crippen LogP contribution in [0.3, 0.4) is 0 Å². The van der Waals surface area contributed by atoms with E-state index in [1.807, 2.05) is 24.3 Å². The molecule has 0 aliphatic carbocycles. The highest BCUT2D eigenvalue weighted by atomic mass is 79.9. The number of carbonyl (C=O) groups excluding carboxylic acids is 1. The molecule has 0 fully saturated rings. The summed E-state index contributed by atoms with van der Waals surface area (Å²) >= 11 is 3.43. The molecule has 1 aromatic heterocycles. The van der Waals surface area contributed by atoms with E-state index in [1.54, 1.807) is 11.6 Å². The Bertz CT molecular complexity index is 923. The number of esters is 1. The summed E-state index contributed by atoms with van der Waals surface area (Å²) in [5.74, 6) is -0.539. The van der Waals surface area contributed by atoms with E-state index in [9.17, 15) is 13.2 Å². The van der Waals surface area contributed by atoms with Gasteiger partial charge in [0, 0.05) is 29.5 Å². The van der Waals surface area contributed by atoms with Gasteiger partial charge in [0.25, 0.3) is 0 Å². The number of aromatic nitrogens is 2. The predicted octanol–water partition coefficient (Wildman–Crippen LogP) is 2.13. The highest BCUT2D eigenvalue weighted by Gasteiger charge is 2.32. The second-order valence-corrected chi connectivity index (χ2v) is 8.63. The van der Waals surface area contributed by atoms with E-state index in [1.165, 1.54) is 10.6 Å². The first-order valence-electron chi connectivity index (χ1n) is 7.80. The molecule has 0 saturated carbocycles. The maximum atomic E-state index is 12.3. The van der Waals surface area contributed by atoms with Crippen LogP contribution in [0.1, 0.15) is 28.7 Å². The topological polar surface area (TPSA) is 81.5 Å². The molecule has 3 rings (SSSR count). The Labute approximate surface area is 154 Å². The first-order valence-corrected chi connectivity index (χ1v) is 10.4. The van der Waals surface area contributed by atoms with E-state index >= 15 is 0 Å². The molecule has 0 atom stereocenters. The lowest BCUT2D eigenvalue weighted by molar-refractivity contribution is 0.0517. The quantitative estimate of drug-likeness (QED) is 0.697. The summed E-state index contributed by atoms with van der Waals surface area (Å²) in [6.07, 6.45) is 1.64. The van der Waals surface area contributed by atoms with Crippen LogP contribution in [0.2, 0.25) is 0 Å². The lowest BCUT2D eigenvalue weighted by Gasteiger charge is -2.25. The van der Waals surface area contributed by atoms with Crippen LogP contribution in [0.15, 0.2) is 28.7 Å². The molecule has 1 aliphatic rings. The highest BCUT2D eigenvalue weighted by Crippen LogP contribution is 2.28. The lowest BCUT2D eigenvalue weighted by atomic mass is 10.1. The largest absolute Gasteiger partial charge is 0.461 e. The molecule has 0 radical (unpaired) electrons. The molecule has 134 valence electrons. The minimum atomic E-state index is -3.35. The summed E-state index contributed by atoms with van der Waals surface area (Å²) in [5.41, 5.74) is 2.41. The van der Waals surface area contributed by atoms with E-state index < -0.39 is 16.0 Å². The van der Waals surface area contributed by atoms with Gasteiger partial charge in [0.1, 0.15) is 0 Å². The summed E-state index contributed by atoms with van der Waals surface area (Å²) in [7, 11) is -3.35. The van der Waals surface area contributed by atoms with Crippen LogP contribution < -0.4 is 0 Å². The first-order chi connectivity index (χ1) is 11.8. The van der Waals surface area contributed by atoms with Crippen LogP contribution in [0.5, 0.6) is 0 Å². The number of ether oxygens (including phenoxy) is 1. The van der Waals surface area contributed by atoms with Gasteiger partial charge in [-0.05, 0) is 25.1 Å². The third-order valence-corrected chi connectivity index (χ3v) is 5.76. The van der Waals surface area contributed by atoms with Gasteiger partial charge in [-0.25, -0.2) is 17.9 Å². The zero-order chi connectivity index (χ0) is 18.2. The van der Waals surface area contributed by atoms with Crippen molar-refractivity contribution < 1.29 is 17.9 Å². The molecule has 0 amide bonds. The van der Waals surface area contributed by atoms with Crippen molar-refractivity contribution in [2.24, 2.45) is 0 Å². The Kier molecular flexibility index (Phi) is 4.99. The molecular formula is C16H18BrN3O4S. The molecule has 9 heteroatoms. The smallest absolute Gasteiger partial charge is 0.359 e. The number of halogens is 1. The van der Waals surface area contributed by atoms with Crippen molar-refractivity contribution >= 4 is 31.9 Å². The van der Waals surface area contributed by atoms with E-state index in [4.69, 9.17) is 4.74 Å². The summed E-state index contributed by atoms with van der Waals surface area (Å²) in [6.45, 7) is 2.43. The molecular weight excluding hydrogens is 410 g/mol. The van der Waals surface area contributed by atoms with Gasteiger partial charge in [-0.2, -0.15) is 9.40 Å². The van der Waals surface area contributed by atoms with E-state index in [0.717, 1.165) is 15.9 Å². The van der Waals surface area contributed by atoms with Crippen LogP contribution in [0, 0.1) is 0 Å². The van der Waals surface area contributed by atoms with Crippen molar-refractivity contribution in [2.45, 2.75) is 19.9 Å². The molecule has 7 nitrogen and oxygen atoms in total. The van der Waals surface area contributed by atoms with Crippen LogP contribution in [0.25, 0.3) is 5.69 Å². The van der Waals surface area contributed by atoms with E-state index in [2.05, 4.69) is 21.0 Å². The fraction of sp³-hybridized carbons (Fsp3) is 0.375. The number of hydrogen-bond acceptors (Lipinski definition) is 5. The first kappa shape index (κ1) is 18.1. The SMILES string of the molecule is CCOC(=O)c1nn(-c2cccc(Br)c2)c2c1CN(S(C)(=O)=O)CC2. The van der Waals surface area contributed by atoms with Crippen molar-refractivity contribution in [1.82, 2.24) is 14.1 Å². The van der Waals surface area contributed by atoms with Gasteiger partial charge in [0.15, 0.2) is 5.69 Å². The Balaban J connectivity index is 2.12. The zero-order valence-electron chi connectivity index (χ0n) is 13.9. The van der Waals surface area contributed by atoms with Gasteiger partial charge in [0.2, 0.25) is 10.0 Å². The van der Waals surface area contributed by atoms with Crippen LogP contribution >= 0.6 is 15.9 Å². The number of rotatable bonds is 4. The van der Waals surface area contributed by atoms with Crippen molar-refractivity contribution in [2.75, 3.05) is 19.4 Å². The standard InChI is InChI=1S/C16H18BrN3O4S/c1-3-24-16(21)15-13-10-19(25(2,22)23)8-7-14(13)20(18-15)12-6-4-5-11(17)9-12/h4-6,9H,3,7-8,10H2,1-2H3. The number of fused-ring (bicyclic) bond motifs is 1. The Hall–Kier alpha value is -1.71. The second kappa shape index (κ2) is 6.89. The molecule has 1 aliphatic heterocycles. The molecule has 25 heavy (non-hydrogen) atoms. The molecule has 0 unspecified atom stereocenters. The number of benzene rings is 1. The average molecular weight is 428 g/mol. The van der Waals surface area contributed by atoms with Crippen LogP contribution in [-0.2, 0) is 27.7 Å². The maximum Gasteiger partial charge on any atom is 0.359 e. The Morgan fingerprint density at radius 1 is 1.40 bits per heavy atom. The maximum absolute atomic E-state index is 12.3. The minimum Gasteiger partial charge on any atom is -0.461 e. The van der Waals surface area contributed by atoms with Gasteiger partial charge in [-0.3, -0.25) is 0 Å². The average Bonchev–Trinajstić information content (AvgIpc) is 2.93. The molecule has 0 spiro atoms. The number of hydrogen-bond donors (Lipinski definition) is 0. The van der Waals surface area contributed by atoms with Gasteiger partial charge in [-0.1, -0.05) is 22.0 Å². The van der Waals surface area contributed by atoms with Crippen molar-refractivity contribution in [3.05, 3.63) is 45.7 Å². The fourth-order valence-electron chi connectivity index (χ4n) is 2.86. The third kappa shape index (κ3) is 3.63. The van der Waals surface area contributed by atoms with Gasteiger partial charge < -0.3 is 4.74 Å². The molecule has 0 N–H and O–H groups in total. The fourth-order valence-corrected chi connectivity index (χ4v) is 4.04. The molecule has 0 bridgehead atoms. The zero-order valence-corrected chi connectivity index (χ0v) is 16.3. The third-order valence-electron chi connectivity index (χ3n) is 4.01. The van der Waals surface area contributed by atoms with E-state index in [0.29, 0.717) is 18.5 Å². The second-order valence-electron chi connectivity index (χ2n) is 5.73. The summed E-state index contributed by atoms with van der Waals surface area (Å²) < 4.78 is 32.8. The monoisotopic (exact) mass is 427 g/mol. The molecule has 0 saturated heterocycles. The molecule has 2 aromatic rings. The normalized spacial score (nSPS) is 15.0. The summed E-state index contributed by atoms with van der Waals surface area (Å²) in [5, 5.41) is 4.44. The lowest BCUT2D eigenvalue weighted by Crippen LogP contribution is -2.36. The summed E-state index contributed by atoms with van der Waals surface area (Å²) in [6, 6.07) is 7.56. The van der Waals surface area contributed by atoms with Crippen LogP contribution in [0.4, 0.5) is 0 Å². The van der Waals surface area contributed by atoms with Crippen molar-refractivity contribution in [3.8, 4) is 5.69 Å². The Morgan fingerprint density at radius 2 is 2.16 bits per heavy atom. The number of carbonyl (C=O) groups is 1.